The van der Waals surface area contributed by atoms with Crippen LogP contribution < -0.4 is 4.90 Å². The van der Waals surface area contributed by atoms with Gasteiger partial charge in [0.2, 0.25) is 5.91 Å². The van der Waals surface area contributed by atoms with E-state index in [0.717, 1.165) is 31.5 Å². The van der Waals surface area contributed by atoms with Gasteiger partial charge in [0.1, 0.15) is 0 Å². The third-order valence-corrected chi connectivity index (χ3v) is 6.40. The van der Waals surface area contributed by atoms with Crippen molar-refractivity contribution < 1.29 is 4.79 Å². The van der Waals surface area contributed by atoms with Gasteiger partial charge in [-0.1, -0.05) is 50.1 Å². The van der Waals surface area contributed by atoms with E-state index in [0.29, 0.717) is 0 Å². The summed E-state index contributed by atoms with van der Waals surface area (Å²) in [5.41, 5.74) is 2.06. The molecule has 0 spiro atoms. The third kappa shape index (κ3) is 1.76. The van der Waals surface area contributed by atoms with Crippen LogP contribution in [0.5, 0.6) is 0 Å². The lowest BCUT2D eigenvalue weighted by Crippen LogP contribution is -2.41. The molecule has 0 unspecified atom stereocenters. The van der Waals surface area contributed by atoms with E-state index < -0.39 is 0 Å². The topological polar surface area (TPSA) is 20.3 Å². The van der Waals surface area contributed by atoms with Crippen molar-refractivity contribution in [3.05, 3.63) is 29.8 Å². The van der Waals surface area contributed by atoms with E-state index in [1.165, 1.54) is 5.56 Å². The van der Waals surface area contributed by atoms with E-state index in [9.17, 15) is 4.79 Å². The molecule has 96 valence electrons. The summed E-state index contributed by atoms with van der Waals surface area (Å²) in [5.74, 6) is 0.225. The number of amides is 1. The van der Waals surface area contributed by atoms with Gasteiger partial charge < -0.3 is 4.90 Å². The maximum absolute atomic E-state index is 12.7. The Hall–Kier alpha value is -0.350. The van der Waals surface area contributed by atoms with Crippen molar-refractivity contribution >= 4 is 43.5 Å². The number of carbonyl (C=O) groups is 1. The van der Waals surface area contributed by atoms with Crippen molar-refractivity contribution in [2.75, 3.05) is 11.4 Å². The van der Waals surface area contributed by atoms with Crippen LogP contribution in [0.4, 0.5) is 5.69 Å². The summed E-state index contributed by atoms with van der Waals surface area (Å²) in [6, 6.07) is 8.24. The molecule has 1 saturated carbocycles. The lowest BCUT2D eigenvalue weighted by molar-refractivity contribution is -0.123. The average Bonchev–Trinajstić information content (AvgIpc) is 2.88. The molecule has 18 heavy (non-hydrogen) atoms. The molecule has 1 amide bonds. The number of aryl methyl sites for hydroxylation is 1. The second kappa shape index (κ2) is 4.07. The van der Waals surface area contributed by atoms with Crippen molar-refractivity contribution in [3.8, 4) is 0 Å². The molecule has 0 radical (unpaired) electrons. The van der Waals surface area contributed by atoms with Gasteiger partial charge in [-0.05, 0) is 37.8 Å². The molecule has 0 aromatic heterocycles. The lowest BCUT2D eigenvalue weighted by Gasteiger charge is -2.32. The molecule has 4 heteroatoms. The first-order valence-electron chi connectivity index (χ1n) is 6.23. The van der Waals surface area contributed by atoms with E-state index in [2.05, 4.69) is 44.0 Å². The van der Waals surface area contributed by atoms with Gasteiger partial charge in [-0.15, -0.1) is 0 Å². The van der Waals surface area contributed by atoms with Crippen molar-refractivity contribution in [3.63, 3.8) is 0 Å². The Morgan fingerprint density at radius 2 is 2.00 bits per heavy atom. The number of anilines is 1. The smallest absolute Gasteiger partial charge is 0.235 e. The zero-order valence-corrected chi connectivity index (χ0v) is 13.4. The zero-order valence-electron chi connectivity index (χ0n) is 10.2. The van der Waals surface area contributed by atoms with Crippen LogP contribution in [0.25, 0.3) is 0 Å². The summed E-state index contributed by atoms with van der Waals surface area (Å²) < 4.78 is -0.212. The SMILES string of the molecule is C[C@@]1(C(=O)N2CCCc3ccccc32)CC1(Br)Br. The number of benzene rings is 1. The highest BCUT2D eigenvalue weighted by Crippen LogP contribution is 2.67. The maximum Gasteiger partial charge on any atom is 0.235 e. The van der Waals surface area contributed by atoms with Crippen LogP contribution in [0.1, 0.15) is 25.3 Å². The van der Waals surface area contributed by atoms with Gasteiger partial charge in [-0.25, -0.2) is 0 Å². The molecule has 0 bridgehead atoms. The first-order valence-corrected chi connectivity index (χ1v) is 7.82. The van der Waals surface area contributed by atoms with Gasteiger partial charge >= 0.3 is 0 Å². The second-order valence-corrected chi connectivity index (χ2v) is 9.17. The lowest BCUT2D eigenvalue weighted by atomic mass is 9.99. The normalized spacial score (nSPS) is 28.7. The Labute approximate surface area is 124 Å². The maximum atomic E-state index is 12.7. The Bertz CT molecular complexity index is 514. The van der Waals surface area contributed by atoms with E-state index in [1.54, 1.807) is 0 Å². The largest absolute Gasteiger partial charge is 0.312 e. The highest BCUT2D eigenvalue weighted by molar-refractivity contribution is 9.25. The van der Waals surface area contributed by atoms with Gasteiger partial charge in [0, 0.05) is 12.2 Å². The van der Waals surface area contributed by atoms with Gasteiger partial charge in [0.05, 0.1) is 8.65 Å². The van der Waals surface area contributed by atoms with Gasteiger partial charge in [0.25, 0.3) is 0 Å². The van der Waals surface area contributed by atoms with Crippen molar-refractivity contribution in [2.45, 2.75) is 29.4 Å². The van der Waals surface area contributed by atoms with E-state index in [1.807, 2.05) is 24.0 Å². The van der Waals surface area contributed by atoms with Gasteiger partial charge in [0.15, 0.2) is 0 Å². The Morgan fingerprint density at radius 3 is 2.67 bits per heavy atom. The molecule has 1 aliphatic carbocycles. The number of nitrogens with zero attached hydrogens (tertiary/aromatic N) is 1. The molecule has 2 aliphatic rings. The molecule has 1 aliphatic heterocycles. The van der Waals surface area contributed by atoms with Crippen molar-refractivity contribution in [2.24, 2.45) is 5.41 Å². The van der Waals surface area contributed by atoms with Crippen LogP contribution in [0.2, 0.25) is 0 Å². The Kier molecular flexibility index (Phi) is 2.87. The molecular formula is C14H15Br2NO. The third-order valence-electron chi connectivity index (χ3n) is 4.09. The molecule has 2 nitrogen and oxygen atoms in total. The molecule has 1 aromatic carbocycles. The molecule has 0 N–H and O–H groups in total. The fourth-order valence-corrected chi connectivity index (χ4v) is 4.14. The summed E-state index contributed by atoms with van der Waals surface area (Å²) in [7, 11) is 0. The van der Waals surface area contributed by atoms with Crippen molar-refractivity contribution in [1.29, 1.82) is 0 Å². The minimum atomic E-state index is -0.322. The fraction of sp³-hybridized carbons (Fsp3) is 0.500. The highest BCUT2D eigenvalue weighted by Gasteiger charge is 2.67. The van der Waals surface area contributed by atoms with E-state index in [-0.39, 0.29) is 14.6 Å². The molecule has 1 aromatic rings. The number of halogens is 2. The summed E-state index contributed by atoms with van der Waals surface area (Å²) in [5, 5.41) is 0. The first kappa shape index (κ1) is 12.7. The molecule has 1 heterocycles. The summed E-state index contributed by atoms with van der Waals surface area (Å²) in [4.78, 5) is 14.7. The van der Waals surface area contributed by atoms with Crippen LogP contribution in [0.3, 0.4) is 0 Å². The molecule has 1 atom stereocenters. The number of alkyl halides is 2. The summed E-state index contributed by atoms with van der Waals surface area (Å²) in [6.07, 6.45) is 2.97. The van der Waals surface area contributed by atoms with Crippen LogP contribution in [-0.4, -0.2) is 15.7 Å². The molecule has 3 rings (SSSR count). The van der Waals surface area contributed by atoms with Crippen molar-refractivity contribution in [1.82, 2.24) is 0 Å². The monoisotopic (exact) mass is 371 g/mol. The molecule has 1 fully saturated rings. The summed E-state index contributed by atoms with van der Waals surface area (Å²) >= 11 is 7.17. The van der Waals surface area contributed by atoms with E-state index >= 15 is 0 Å². The average molecular weight is 373 g/mol. The first-order chi connectivity index (χ1) is 8.46. The standard InChI is InChI=1S/C14H15Br2NO/c1-13(9-14(13,15)16)12(18)17-8-4-6-10-5-2-3-7-11(10)17/h2-3,5,7H,4,6,8-9H2,1H3/t13-/m0/s1. The predicted octanol–water partition coefficient (Wildman–Crippen LogP) is 3.86. The number of hydrogen-bond donors (Lipinski definition) is 0. The van der Waals surface area contributed by atoms with Crippen LogP contribution in [0, 0.1) is 5.41 Å². The van der Waals surface area contributed by atoms with Gasteiger partial charge in [-0.3, -0.25) is 4.79 Å². The second-order valence-electron chi connectivity index (χ2n) is 5.40. The summed E-state index contributed by atoms with van der Waals surface area (Å²) in [6.45, 7) is 2.86. The molecular weight excluding hydrogens is 358 g/mol. The molecule has 0 saturated heterocycles. The zero-order chi connectivity index (χ0) is 13.0. The minimum absolute atomic E-state index is 0.212. The van der Waals surface area contributed by atoms with Gasteiger partial charge in [-0.2, -0.15) is 0 Å². The van der Waals surface area contributed by atoms with Crippen LogP contribution >= 0.6 is 31.9 Å². The van der Waals surface area contributed by atoms with E-state index in [4.69, 9.17) is 0 Å². The fourth-order valence-electron chi connectivity index (χ4n) is 2.67. The van der Waals surface area contributed by atoms with Crippen LogP contribution in [-0.2, 0) is 11.2 Å². The highest BCUT2D eigenvalue weighted by atomic mass is 79.9. The Balaban J connectivity index is 1.94. The quantitative estimate of drug-likeness (QED) is 0.685. The number of hydrogen-bond acceptors (Lipinski definition) is 1. The number of fused-ring (bicyclic) bond motifs is 1. The minimum Gasteiger partial charge on any atom is -0.312 e. The predicted molar refractivity (Wildman–Crippen MR) is 80.4 cm³/mol. The van der Waals surface area contributed by atoms with Crippen LogP contribution in [0.15, 0.2) is 24.3 Å². The number of para-hydroxylation sites is 1. The number of carbonyl (C=O) groups excluding carboxylic acids is 1. The Morgan fingerprint density at radius 1 is 1.33 bits per heavy atom. The number of rotatable bonds is 1.